The molecule has 2 aromatic rings. The van der Waals surface area contributed by atoms with E-state index in [0.717, 1.165) is 11.3 Å². The Morgan fingerprint density at radius 2 is 1.82 bits per heavy atom. The van der Waals surface area contributed by atoms with Crippen LogP contribution in [-0.4, -0.2) is 32.6 Å². The Morgan fingerprint density at radius 3 is 2.48 bits per heavy atom. The maximum atomic E-state index is 13.6. The zero-order chi connectivity index (χ0) is 23.5. The molecule has 1 aliphatic heterocycles. The number of ketones is 1. The van der Waals surface area contributed by atoms with Crippen LogP contribution in [0.3, 0.4) is 0 Å². The quantitative estimate of drug-likeness (QED) is 0.651. The second kappa shape index (κ2) is 9.53. The number of rotatable bonds is 6. The topological polar surface area (TPSA) is 73.9 Å². The summed E-state index contributed by atoms with van der Waals surface area (Å²) in [5.41, 5.74) is 4.40. The van der Waals surface area contributed by atoms with Crippen molar-refractivity contribution < 1.29 is 23.8 Å². The lowest BCUT2D eigenvalue weighted by molar-refractivity contribution is -0.138. The van der Waals surface area contributed by atoms with Crippen LogP contribution in [0.5, 0.6) is 11.5 Å². The van der Waals surface area contributed by atoms with Crippen molar-refractivity contribution in [3.05, 3.63) is 82.2 Å². The van der Waals surface area contributed by atoms with Gasteiger partial charge >= 0.3 is 5.97 Å². The summed E-state index contributed by atoms with van der Waals surface area (Å²) in [4.78, 5) is 26.7. The molecule has 0 aromatic heterocycles. The van der Waals surface area contributed by atoms with Crippen LogP contribution in [0.1, 0.15) is 49.7 Å². The summed E-state index contributed by atoms with van der Waals surface area (Å²) < 4.78 is 16.5. The number of carbonyl (C=O) groups excluding carboxylic acids is 2. The zero-order valence-electron chi connectivity index (χ0n) is 19.4. The highest BCUT2D eigenvalue weighted by atomic mass is 16.5. The molecule has 0 fully saturated rings. The summed E-state index contributed by atoms with van der Waals surface area (Å²) in [6.45, 7) is 3.87. The number of hydrogen-bond acceptors (Lipinski definition) is 6. The third-order valence-corrected chi connectivity index (χ3v) is 6.34. The third-order valence-electron chi connectivity index (χ3n) is 6.34. The van der Waals surface area contributed by atoms with Crippen molar-refractivity contribution in [1.29, 1.82) is 0 Å². The molecule has 33 heavy (non-hydrogen) atoms. The summed E-state index contributed by atoms with van der Waals surface area (Å²) in [7, 11) is 3.17. The van der Waals surface area contributed by atoms with E-state index in [1.54, 1.807) is 33.3 Å². The highest BCUT2D eigenvalue weighted by Crippen LogP contribution is 2.48. The average molecular weight is 448 g/mol. The molecule has 1 N–H and O–H groups in total. The lowest BCUT2D eigenvalue weighted by atomic mass is 9.71. The number of benzene rings is 2. The highest BCUT2D eigenvalue weighted by Gasteiger charge is 2.42. The van der Waals surface area contributed by atoms with E-state index >= 15 is 0 Å². The number of ether oxygens (including phenoxy) is 3. The predicted molar refractivity (Wildman–Crippen MR) is 125 cm³/mol. The van der Waals surface area contributed by atoms with Crippen LogP contribution in [0.25, 0.3) is 0 Å². The number of dihydropyridines is 1. The highest BCUT2D eigenvalue weighted by molar-refractivity contribution is 6.04. The van der Waals surface area contributed by atoms with Crippen molar-refractivity contribution in [1.82, 2.24) is 5.32 Å². The minimum absolute atomic E-state index is 0.0155. The first-order valence-electron chi connectivity index (χ1n) is 11.2. The van der Waals surface area contributed by atoms with Crippen LogP contribution in [0, 0.1) is 0 Å². The molecule has 2 aromatic carbocycles. The number of hydrogen-bond donors (Lipinski definition) is 1. The van der Waals surface area contributed by atoms with Gasteiger partial charge in [0.1, 0.15) is 11.5 Å². The second-order valence-electron chi connectivity index (χ2n) is 8.26. The maximum Gasteiger partial charge on any atom is 0.336 e. The van der Waals surface area contributed by atoms with Crippen LogP contribution in [0.15, 0.2) is 71.1 Å². The van der Waals surface area contributed by atoms with Crippen molar-refractivity contribution in [3.63, 3.8) is 0 Å². The number of methoxy groups -OCH3 is 2. The van der Waals surface area contributed by atoms with Gasteiger partial charge in [0.15, 0.2) is 5.78 Å². The molecule has 4 rings (SSSR count). The summed E-state index contributed by atoms with van der Waals surface area (Å²) in [5, 5.41) is 3.37. The van der Waals surface area contributed by atoms with E-state index in [2.05, 4.69) is 17.4 Å². The first-order chi connectivity index (χ1) is 16.0. The van der Waals surface area contributed by atoms with E-state index in [0.29, 0.717) is 46.7 Å². The van der Waals surface area contributed by atoms with Crippen LogP contribution < -0.4 is 14.8 Å². The molecule has 2 atom stereocenters. The van der Waals surface area contributed by atoms with Gasteiger partial charge in [0.25, 0.3) is 0 Å². The number of nitrogens with one attached hydrogen (secondary N) is 1. The van der Waals surface area contributed by atoms with E-state index in [4.69, 9.17) is 14.2 Å². The number of carbonyl (C=O) groups is 2. The van der Waals surface area contributed by atoms with Crippen LogP contribution in [0.4, 0.5) is 0 Å². The van der Waals surface area contributed by atoms with Crippen LogP contribution in [0.2, 0.25) is 0 Å². The van der Waals surface area contributed by atoms with Crippen molar-refractivity contribution in [2.24, 2.45) is 0 Å². The minimum atomic E-state index is -0.602. The summed E-state index contributed by atoms with van der Waals surface area (Å²) in [6, 6.07) is 15.5. The second-order valence-corrected chi connectivity index (χ2v) is 8.26. The molecular formula is C27H29NO5. The van der Waals surface area contributed by atoms with E-state index in [-0.39, 0.29) is 18.3 Å². The van der Waals surface area contributed by atoms with Gasteiger partial charge < -0.3 is 19.5 Å². The van der Waals surface area contributed by atoms with Crippen LogP contribution >= 0.6 is 0 Å². The predicted octanol–water partition coefficient (Wildman–Crippen LogP) is 4.63. The maximum absolute atomic E-state index is 13.6. The number of esters is 1. The fraction of sp³-hybridized carbons (Fsp3) is 0.333. The lowest BCUT2D eigenvalue weighted by Crippen LogP contribution is -2.36. The van der Waals surface area contributed by atoms with Crippen molar-refractivity contribution in [2.45, 2.75) is 38.5 Å². The Hall–Kier alpha value is -3.54. The van der Waals surface area contributed by atoms with Crippen molar-refractivity contribution in [3.8, 4) is 11.5 Å². The van der Waals surface area contributed by atoms with E-state index in [1.165, 1.54) is 0 Å². The summed E-state index contributed by atoms with van der Waals surface area (Å²) in [6.07, 6.45) is 1.06. The fourth-order valence-corrected chi connectivity index (χ4v) is 4.86. The van der Waals surface area contributed by atoms with Gasteiger partial charge in [0.2, 0.25) is 0 Å². The van der Waals surface area contributed by atoms with E-state index < -0.39 is 11.9 Å². The largest absolute Gasteiger partial charge is 0.497 e. The molecule has 1 aliphatic carbocycles. The Bertz CT molecular complexity index is 1130. The Morgan fingerprint density at radius 1 is 1.06 bits per heavy atom. The zero-order valence-corrected chi connectivity index (χ0v) is 19.4. The molecule has 6 heteroatoms. The Kier molecular flexibility index (Phi) is 6.54. The standard InChI is InChI=1S/C27H29NO5/c1-5-33-27(30)24-16(2)28-21-13-18(17-9-7-6-8-10-17)14-22(29)26(21)25(24)20-15-19(31-3)11-12-23(20)32-4/h6-12,15,18,25,28H,5,13-14H2,1-4H3/t18-,25-/m0/s1. The number of allylic oxidation sites excluding steroid dienone is 3. The molecule has 2 aliphatic rings. The monoisotopic (exact) mass is 447 g/mol. The van der Waals surface area contributed by atoms with Gasteiger partial charge in [0.05, 0.1) is 32.3 Å². The molecule has 0 radical (unpaired) electrons. The molecule has 0 saturated heterocycles. The van der Waals surface area contributed by atoms with Gasteiger partial charge in [-0.05, 0) is 49.9 Å². The lowest BCUT2D eigenvalue weighted by Gasteiger charge is -2.37. The average Bonchev–Trinajstić information content (AvgIpc) is 2.83. The molecule has 0 saturated carbocycles. The van der Waals surface area contributed by atoms with Crippen molar-refractivity contribution >= 4 is 11.8 Å². The van der Waals surface area contributed by atoms with Gasteiger partial charge in [0, 0.05) is 29.0 Å². The Balaban J connectivity index is 1.87. The van der Waals surface area contributed by atoms with Gasteiger partial charge in [-0.2, -0.15) is 0 Å². The molecular weight excluding hydrogens is 418 g/mol. The summed E-state index contributed by atoms with van der Waals surface area (Å²) >= 11 is 0. The molecule has 6 nitrogen and oxygen atoms in total. The summed E-state index contributed by atoms with van der Waals surface area (Å²) in [5.74, 6) is 0.257. The molecule has 1 heterocycles. The van der Waals surface area contributed by atoms with Gasteiger partial charge in [-0.15, -0.1) is 0 Å². The third kappa shape index (κ3) is 4.25. The number of Topliss-reactive ketones (excluding diaryl/α,β-unsaturated/α-hetero) is 1. The molecule has 0 unspecified atom stereocenters. The molecule has 0 bridgehead atoms. The van der Waals surface area contributed by atoms with Gasteiger partial charge in [-0.1, -0.05) is 30.3 Å². The molecule has 0 spiro atoms. The van der Waals surface area contributed by atoms with E-state index in [1.807, 2.05) is 31.2 Å². The smallest absolute Gasteiger partial charge is 0.336 e. The van der Waals surface area contributed by atoms with E-state index in [9.17, 15) is 9.59 Å². The first-order valence-corrected chi connectivity index (χ1v) is 11.2. The fourth-order valence-electron chi connectivity index (χ4n) is 4.86. The first kappa shape index (κ1) is 22.6. The van der Waals surface area contributed by atoms with Gasteiger partial charge in [-0.25, -0.2) is 4.79 Å². The van der Waals surface area contributed by atoms with Gasteiger partial charge in [-0.3, -0.25) is 4.79 Å². The molecule has 0 amide bonds. The SMILES string of the molecule is CCOC(=O)C1=C(C)NC2=C(C(=O)C[C@@H](c3ccccc3)C2)[C@H]1c1cc(OC)ccc1OC. The normalized spacial score (nSPS) is 20.2. The minimum Gasteiger partial charge on any atom is -0.497 e. The van der Waals surface area contributed by atoms with Crippen molar-refractivity contribution in [2.75, 3.05) is 20.8 Å². The van der Waals surface area contributed by atoms with Crippen LogP contribution in [-0.2, 0) is 14.3 Å². The Labute approximate surface area is 194 Å². The molecule has 172 valence electrons.